The molecule has 8 heteroatoms. The van der Waals surface area contributed by atoms with E-state index in [4.69, 9.17) is 4.74 Å². The minimum Gasteiger partial charge on any atom is -0.495 e. The second-order valence-corrected chi connectivity index (χ2v) is 7.26. The molecule has 2 aromatic rings. The number of amides is 1. The van der Waals surface area contributed by atoms with Gasteiger partial charge in [0, 0.05) is 55.6 Å². The summed E-state index contributed by atoms with van der Waals surface area (Å²) >= 11 is 0. The third-order valence-electron chi connectivity index (χ3n) is 5.18. The maximum absolute atomic E-state index is 12.6. The molecule has 29 heavy (non-hydrogen) atoms. The van der Waals surface area contributed by atoms with Crippen LogP contribution in [0, 0.1) is 10.1 Å². The molecule has 0 unspecified atom stereocenters. The topological polar surface area (TPSA) is 87.9 Å². The normalized spacial score (nSPS) is 14.7. The molecule has 0 aliphatic carbocycles. The summed E-state index contributed by atoms with van der Waals surface area (Å²) in [6, 6.07) is 12.0. The summed E-state index contributed by atoms with van der Waals surface area (Å²) in [5.41, 5.74) is 1.71. The standard InChI is InChI=1S/C21H26N4O4/c1-15(2)23-10-12-24(13-11-23)17-6-4-16(5-7-17)21(26)22-19-14-18(25(27)28)8-9-20(19)29-3/h4-9,14-15H,10-13H2,1-3H3,(H,22,26). The molecule has 1 aliphatic rings. The lowest BCUT2D eigenvalue weighted by atomic mass is 10.1. The average Bonchev–Trinajstić information content (AvgIpc) is 2.73. The minimum atomic E-state index is -0.511. The molecular weight excluding hydrogens is 372 g/mol. The Morgan fingerprint density at radius 2 is 1.76 bits per heavy atom. The molecule has 1 saturated heterocycles. The zero-order valence-corrected chi connectivity index (χ0v) is 16.9. The van der Waals surface area contributed by atoms with Crippen LogP contribution in [0.1, 0.15) is 24.2 Å². The maximum atomic E-state index is 12.6. The van der Waals surface area contributed by atoms with E-state index in [9.17, 15) is 14.9 Å². The molecule has 8 nitrogen and oxygen atoms in total. The number of non-ortho nitro benzene ring substituents is 1. The molecule has 2 aromatic carbocycles. The number of piperazine rings is 1. The first-order valence-corrected chi connectivity index (χ1v) is 9.62. The number of anilines is 2. The molecule has 154 valence electrons. The van der Waals surface area contributed by atoms with Crippen LogP contribution in [-0.2, 0) is 0 Å². The first kappa shape index (κ1) is 20.6. The lowest BCUT2D eigenvalue weighted by Gasteiger charge is -2.38. The number of ether oxygens (including phenoxy) is 1. The van der Waals surface area contributed by atoms with E-state index in [0.29, 0.717) is 17.4 Å². The van der Waals surface area contributed by atoms with Crippen molar-refractivity contribution in [3.05, 3.63) is 58.1 Å². The largest absolute Gasteiger partial charge is 0.495 e. The first-order valence-electron chi connectivity index (χ1n) is 9.62. The number of carbonyl (C=O) groups is 1. The van der Waals surface area contributed by atoms with Crippen LogP contribution < -0.4 is 15.0 Å². The lowest BCUT2D eigenvalue weighted by Crippen LogP contribution is -2.48. The van der Waals surface area contributed by atoms with E-state index < -0.39 is 4.92 Å². The zero-order chi connectivity index (χ0) is 21.0. The third-order valence-corrected chi connectivity index (χ3v) is 5.18. The molecule has 0 spiro atoms. The van der Waals surface area contributed by atoms with Gasteiger partial charge in [-0.15, -0.1) is 0 Å². The van der Waals surface area contributed by atoms with E-state index in [2.05, 4.69) is 29.0 Å². The molecule has 3 rings (SSSR count). The van der Waals surface area contributed by atoms with Gasteiger partial charge in [-0.2, -0.15) is 0 Å². The van der Waals surface area contributed by atoms with E-state index in [1.807, 2.05) is 12.1 Å². The van der Waals surface area contributed by atoms with E-state index >= 15 is 0 Å². The third kappa shape index (κ3) is 4.83. The Balaban J connectivity index is 1.68. The number of nitrogens with zero attached hydrogens (tertiary/aromatic N) is 3. The molecule has 1 aliphatic heterocycles. The molecule has 0 atom stereocenters. The van der Waals surface area contributed by atoms with Crippen LogP contribution in [0.25, 0.3) is 0 Å². The van der Waals surface area contributed by atoms with Crippen molar-refractivity contribution in [2.24, 2.45) is 0 Å². The average molecular weight is 398 g/mol. The van der Waals surface area contributed by atoms with Crippen molar-refractivity contribution in [3.63, 3.8) is 0 Å². The molecular formula is C21H26N4O4. The van der Waals surface area contributed by atoms with E-state index in [1.54, 1.807) is 12.1 Å². The molecule has 1 fully saturated rings. The summed E-state index contributed by atoms with van der Waals surface area (Å²) in [4.78, 5) is 27.9. The van der Waals surface area contributed by atoms with Gasteiger partial charge in [-0.25, -0.2) is 0 Å². The van der Waals surface area contributed by atoms with Crippen molar-refractivity contribution in [3.8, 4) is 5.75 Å². The van der Waals surface area contributed by atoms with Crippen LogP contribution in [0.4, 0.5) is 17.1 Å². The molecule has 0 bridgehead atoms. The van der Waals surface area contributed by atoms with Gasteiger partial charge in [-0.1, -0.05) is 0 Å². The quantitative estimate of drug-likeness (QED) is 0.593. The SMILES string of the molecule is COc1ccc([N+](=O)[O-])cc1NC(=O)c1ccc(N2CCN(C(C)C)CC2)cc1. The highest BCUT2D eigenvalue weighted by molar-refractivity contribution is 6.05. The Morgan fingerprint density at radius 1 is 1.10 bits per heavy atom. The minimum absolute atomic E-state index is 0.114. The number of rotatable bonds is 6. The number of benzene rings is 2. The summed E-state index contributed by atoms with van der Waals surface area (Å²) in [5.74, 6) is 0.0172. The van der Waals surface area contributed by atoms with Gasteiger partial charge in [0.15, 0.2) is 0 Å². The highest BCUT2D eigenvalue weighted by Gasteiger charge is 2.19. The monoisotopic (exact) mass is 398 g/mol. The number of carbonyl (C=O) groups excluding carboxylic acids is 1. The Morgan fingerprint density at radius 3 is 2.31 bits per heavy atom. The number of nitrogens with one attached hydrogen (secondary N) is 1. The van der Waals surface area contributed by atoms with Crippen molar-refractivity contribution in [1.29, 1.82) is 0 Å². The zero-order valence-electron chi connectivity index (χ0n) is 16.9. The Bertz CT molecular complexity index is 875. The number of hydrogen-bond donors (Lipinski definition) is 1. The van der Waals surface area contributed by atoms with Crippen molar-refractivity contribution in [1.82, 2.24) is 4.90 Å². The summed E-state index contributed by atoms with van der Waals surface area (Å²) < 4.78 is 5.19. The van der Waals surface area contributed by atoms with E-state index in [1.165, 1.54) is 25.3 Å². The number of nitro benzene ring substituents is 1. The predicted molar refractivity (Wildman–Crippen MR) is 113 cm³/mol. The number of nitro groups is 1. The van der Waals surface area contributed by atoms with Crippen molar-refractivity contribution in [2.75, 3.05) is 43.5 Å². The molecule has 0 saturated carbocycles. The fourth-order valence-corrected chi connectivity index (χ4v) is 3.42. The lowest BCUT2D eigenvalue weighted by molar-refractivity contribution is -0.384. The van der Waals surface area contributed by atoms with Crippen LogP contribution >= 0.6 is 0 Å². The molecule has 0 radical (unpaired) electrons. The Hall–Kier alpha value is -3.13. The van der Waals surface area contributed by atoms with Crippen LogP contribution in [0.3, 0.4) is 0 Å². The van der Waals surface area contributed by atoms with Crippen molar-refractivity contribution < 1.29 is 14.5 Å². The Labute approximate surface area is 170 Å². The predicted octanol–water partition coefficient (Wildman–Crippen LogP) is 3.39. The van der Waals surface area contributed by atoms with E-state index in [-0.39, 0.29) is 17.3 Å². The molecule has 0 aromatic heterocycles. The molecule has 1 amide bonds. The van der Waals surface area contributed by atoms with Gasteiger partial charge in [0.2, 0.25) is 0 Å². The van der Waals surface area contributed by atoms with Gasteiger partial charge in [0.1, 0.15) is 5.75 Å². The summed E-state index contributed by atoms with van der Waals surface area (Å²) in [6.45, 7) is 8.36. The van der Waals surface area contributed by atoms with Gasteiger partial charge in [0.05, 0.1) is 17.7 Å². The van der Waals surface area contributed by atoms with Crippen LogP contribution in [-0.4, -0.2) is 55.1 Å². The second-order valence-electron chi connectivity index (χ2n) is 7.26. The van der Waals surface area contributed by atoms with Crippen molar-refractivity contribution in [2.45, 2.75) is 19.9 Å². The van der Waals surface area contributed by atoms with Gasteiger partial charge in [-0.05, 0) is 44.2 Å². The summed E-state index contributed by atoms with van der Waals surface area (Å²) in [5, 5.41) is 13.7. The number of hydrogen-bond acceptors (Lipinski definition) is 6. The molecule has 1 N–H and O–H groups in total. The highest BCUT2D eigenvalue weighted by Crippen LogP contribution is 2.29. The van der Waals surface area contributed by atoms with Crippen LogP contribution in [0.15, 0.2) is 42.5 Å². The fourth-order valence-electron chi connectivity index (χ4n) is 3.42. The van der Waals surface area contributed by atoms with Crippen molar-refractivity contribution >= 4 is 23.0 Å². The van der Waals surface area contributed by atoms with E-state index in [0.717, 1.165) is 31.9 Å². The van der Waals surface area contributed by atoms with Gasteiger partial charge in [0.25, 0.3) is 11.6 Å². The Kier molecular flexibility index (Phi) is 6.33. The smallest absolute Gasteiger partial charge is 0.271 e. The van der Waals surface area contributed by atoms with Gasteiger partial charge >= 0.3 is 0 Å². The highest BCUT2D eigenvalue weighted by atomic mass is 16.6. The van der Waals surface area contributed by atoms with Gasteiger partial charge < -0.3 is 15.0 Å². The number of methoxy groups -OCH3 is 1. The molecule has 1 heterocycles. The summed E-state index contributed by atoms with van der Waals surface area (Å²) in [6.07, 6.45) is 0. The second kappa shape index (κ2) is 8.91. The summed E-state index contributed by atoms with van der Waals surface area (Å²) in [7, 11) is 1.45. The van der Waals surface area contributed by atoms with Crippen LogP contribution in [0.5, 0.6) is 5.75 Å². The first-order chi connectivity index (χ1) is 13.9. The van der Waals surface area contributed by atoms with Crippen LogP contribution in [0.2, 0.25) is 0 Å². The maximum Gasteiger partial charge on any atom is 0.271 e. The van der Waals surface area contributed by atoms with Gasteiger partial charge in [-0.3, -0.25) is 19.8 Å². The fraction of sp³-hybridized carbons (Fsp3) is 0.381.